The average molecular weight is 326 g/mol. The Morgan fingerprint density at radius 1 is 1.25 bits per heavy atom. The van der Waals surface area contributed by atoms with Gasteiger partial charge in [0.25, 0.3) is 0 Å². The SMILES string of the molecule is C=CC(=O)Nc1ccc(CCC(=O)Nc2cc(C)nn2CC)cc1. The normalized spacial score (nSPS) is 10.2. The summed E-state index contributed by atoms with van der Waals surface area (Å²) in [6.45, 7) is 8.00. The molecule has 2 amide bonds. The van der Waals surface area contributed by atoms with Gasteiger partial charge in [-0.15, -0.1) is 0 Å². The molecule has 0 aliphatic rings. The summed E-state index contributed by atoms with van der Waals surface area (Å²) in [5, 5.41) is 9.88. The summed E-state index contributed by atoms with van der Waals surface area (Å²) in [6, 6.07) is 9.27. The van der Waals surface area contributed by atoms with Gasteiger partial charge in [0, 0.05) is 24.7 Å². The Morgan fingerprint density at radius 3 is 2.58 bits per heavy atom. The average Bonchev–Trinajstić information content (AvgIpc) is 2.93. The van der Waals surface area contributed by atoms with E-state index in [1.54, 1.807) is 4.68 Å². The lowest BCUT2D eigenvalue weighted by Crippen LogP contribution is -2.15. The van der Waals surface area contributed by atoms with Crippen molar-refractivity contribution in [3.8, 4) is 0 Å². The molecule has 1 aromatic carbocycles. The first kappa shape index (κ1) is 17.5. The van der Waals surface area contributed by atoms with E-state index in [1.807, 2.05) is 44.2 Å². The molecule has 2 aromatic rings. The molecule has 1 aromatic heterocycles. The third-order valence-electron chi connectivity index (χ3n) is 3.52. The second-order valence-corrected chi connectivity index (χ2v) is 5.43. The first-order valence-electron chi connectivity index (χ1n) is 7.88. The van der Waals surface area contributed by atoms with Gasteiger partial charge in [-0.05, 0) is 44.0 Å². The molecule has 0 unspecified atom stereocenters. The zero-order chi connectivity index (χ0) is 17.5. The van der Waals surface area contributed by atoms with Crippen LogP contribution in [0.3, 0.4) is 0 Å². The largest absolute Gasteiger partial charge is 0.323 e. The fourth-order valence-electron chi connectivity index (χ4n) is 2.30. The second-order valence-electron chi connectivity index (χ2n) is 5.43. The number of carbonyl (C=O) groups excluding carboxylic acids is 2. The molecule has 0 atom stereocenters. The van der Waals surface area contributed by atoms with Crippen LogP contribution < -0.4 is 10.6 Å². The number of anilines is 2. The molecule has 0 saturated carbocycles. The van der Waals surface area contributed by atoms with E-state index in [2.05, 4.69) is 22.3 Å². The van der Waals surface area contributed by atoms with Crippen molar-refractivity contribution in [2.24, 2.45) is 0 Å². The molecule has 24 heavy (non-hydrogen) atoms. The monoisotopic (exact) mass is 326 g/mol. The smallest absolute Gasteiger partial charge is 0.247 e. The van der Waals surface area contributed by atoms with Gasteiger partial charge in [-0.25, -0.2) is 4.68 Å². The van der Waals surface area contributed by atoms with Crippen LogP contribution in [0.2, 0.25) is 0 Å². The van der Waals surface area contributed by atoms with Crippen LogP contribution >= 0.6 is 0 Å². The minimum atomic E-state index is -0.245. The highest BCUT2D eigenvalue weighted by Crippen LogP contribution is 2.13. The predicted molar refractivity (Wildman–Crippen MR) is 94.9 cm³/mol. The molecule has 0 saturated heterocycles. The molecular weight excluding hydrogens is 304 g/mol. The third kappa shape index (κ3) is 4.81. The lowest BCUT2D eigenvalue weighted by atomic mass is 10.1. The summed E-state index contributed by atoms with van der Waals surface area (Å²) in [4.78, 5) is 23.3. The van der Waals surface area contributed by atoms with Crippen LogP contribution in [0, 0.1) is 6.92 Å². The van der Waals surface area contributed by atoms with E-state index < -0.39 is 0 Å². The molecule has 0 aliphatic carbocycles. The highest BCUT2D eigenvalue weighted by Gasteiger charge is 2.08. The molecule has 126 valence electrons. The van der Waals surface area contributed by atoms with Gasteiger partial charge < -0.3 is 10.6 Å². The summed E-state index contributed by atoms with van der Waals surface area (Å²) >= 11 is 0. The quantitative estimate of drug-likeness (QED) is 0.768. The summed E-state index contributed by atoms with van der Waals surface area (Å²) in [6.07, 6.45) is 2.23. The van der Waals surface area contributed by atoms with E-state index in [1.165, 1.54) is 6.08 Å². The number of amides is 2. The van der Waals surface area contributed by atoms with Gasteiger partial charge in [-0.2, -0.15) is 5.10 Å². The van der Waals surface area contributed by atoms with Crippen molar-refractivity contribution in [2.45, 2.75) is 33.2 Å². The molecule has 0 radical (unpaired) electrons. The topological polar surface area (TPSA) is 76.0 Å². The van der Waals surface area contributed by atoms with E-state index in [0.717, 1.165) is 17.1 Å². The Balaban J connectivity index is 1.87. The van der Waals surface area contributed by atoms with Crippen molar-refractivity contribution >= 4 is 23.3 Å². The number of hydrogen-bond acceptors (Lipinski definition) is 3. The van der Waals surface area contributed by atoms with Gasteiger partial charge >= 0.3 is 0 Å². The lowest BCUT2D eigenvalue weighted by Gasteiger charge is -2.07. The van der Waals surface area contributed by atoms with Crippen molar-refractivity contribution in [3.05, 3.63) is 54.2 Å². The standard InChI is InChI=1S/C18H22N4O2/c1-4-17(23)19-15-9-6-14(7-10-15)8-11-18(24)20-16-12-13(3)21-22(16)5-2/h4,6-7,9-10,12H,1,5,8,11H2,2-3H3,(H,19,23)(H,20,24). The minimum absolute atomic E-state index is 0.0476. The number of nitrogens with zero attached hydrogens (tertiary/aromatic N) is 2. The van der Waals surface area contributed by atoms with E-state index >= 15 is 0 Å². The number of benzene rings is 1. The Kier molecular flexibility index (Phi) is 5.89. The maximum atomic E-state index is 12.1. The number of aromatic nitrogens is 2. The zero-order valence-corrected chi connectivity index (χ0v) is 14.0. The molecular formula is C18H22N4O2. The van der Waals surface area contributed by atoms with Crippen LogP contribution in [0.15, 0.2) is 43.0 Å². The van der Waals surface area contributed by atoms with Gasteiger partial charge in [0.1, 0.15) is 5.82 Å². The summed E-state index contributed by atoms with van der Waals surface area (Å²) < 4.78 is 1.77. The van der Waals surface area contributed by atoms with Gasteiger partial charge in [0.2, 0.25) is 11.8 Å². The van der Waals surface area contributed by atoms with Crippen molar-refractivity contribution in [3.63, 3.8) is 0 Å². The number of aryl methyl sites for hydroxylation is 3. The highest BCUT2D eigenvalue weighted by molar-refractivity contribution is 5.98. The van der Waals surface area contributed by atoms with Crippen molar-refractivity contribution in [2.75, 3.05) is 10.6 Å². The van der Waals surface area contributed by atoms with Crippen molar-refractivity contribution in [1.29, 1.82) is 0 Å². The van der Waals surface area contributed by atoms with Crippen LogP contribution in [-0.2, 0) is 22.6 Å². The molecule has 0 aliphatic heterocycles. The Hall–Kier alpha value is -2.89. The second kappa shape index (κ2) is 8.10. The van der Waals surface area contributed by atoms with Gasteiger partial charge in [0.05, 0.1) is 5.69 Å². The van der Waals surface area contributed by atoms with Crippen LogP contribution in [0.1, 0.15) is 24.6 Å². The molecule has 2 rings (SSSR count). The third-order valence-corrected chi connectivity index (χ3v) is 3.52. The minimum Gasteiger partial charge on any atom is -0.323 e. The Labute approximate surface area is 141 Å². The molecule has 6 heteroatoms. The van der Waals surface area contributed by atoms with Crippen molar-refractivity contribution < 1.29 is 9.59 Å². The predicted octanol–water partition coefficient (Wildman–Crippen LogP) is 2.91. The number of rotatable bonds is 7. The molecule has 0 fully saturated rings. The summed E-state index contributed by atoms with van der Waals surface area (Å²) in [5.74, 6) is 0.432. The Morgan fingerprint density at radius 2 is 1.96 bits per heavy atom. The van der Waals surface area contributed by atoms with Crippen LogP contribution in [0.4, 0.5) is 11.5 Å². The summed E-state index contributed by atoms with van der Waals surface area (Å²) in [5.41, 5.74) is 2.61. The van der Waals surface area contributed by atoms with E-state index in [9.17, 15) is 9.59 Å². The highest BCUT2D eigenvalue weighted by atomic mass is 16.2. The lowest BCUT2D eigenvalue weighted by molar-refractivity contribution is -0.116. The number of carbonyl (C=O) groups is 2. The Bertz CT molecular complexity index is 732. The number of nitrogens with one attached hydrogen (secondary N) is 2. The zero-order valence-electron chi connectivity index (χ0n) is 14.0. The fourth-order valence-corrected chi connectivity index (χ4v) is 2.30. The first-order chi connectivity index (χ1) is 11.5. The van der Waals surface area contributed by atoms with Crippen LogP contribution in [0.25, 0.3) is 0 Å². The maximum absolute atomic E-state index is 12.1. The van der Waals surface area contributed by atoms with Crippen LogP contribution in [0.5, 0.6) is 0 Å². The van der Waals surface area contributed by atoms with Gasteiger partial charge in [0.15, 0.2) is 0 Å². The first-order valence-corrected chi connectivity index (χ1v) is 7.88. The van der Waals surface area contributed by atoms with Gasteiger partial charge in [-0.1, -0.05) is 18.7 Å². The molecule has 6 nitrogen and oxygen atoms in total. The van der Waals surface area contributed by atoms with Crippen LogP contribution in [-0.4, -0.2) is 21.6 Å². The van der Waals surface area contributed by atoms with E-state index in [0.29, 0.717) is 25.1 Å². The molecule has 2 N–H and O–H groups in total. The molecule has 0 bridgehead atoms. The van der Waals surface area contributed by atoms with E-state index in [4.69, 9.17) is 0 Å². The molecule has 1 heterocycles. The van der Waals surface area contributed by atoms with Crippen molar-refractivity contribution in [1.82, 2.24) is 9.78 Å². The number of hydrogen-bond donors (Lipinski definition) is 2. The van der Waals surface area contributed by atoms with E-state index in [-0.39, 0.29) is 11.8 Å². The van der Waals surface area contributed by atoms with Gasteiger partial charge in [-0.3, -0.25) is 9.59 Å². The summed E-state index contributed by atoms with van der Waals surface area (Å²) in [7, 11) is 0. The maximum Gasteiger partial charge on any atom is 0.247 e. The molecule has 0 spiro atoms. The fraction of sp³-hybridized carbons (Fsp3) is 0.278.